The Kier molecular flexibility index (Phi) is 6.52. The van der Waals surface area contributed by atoms with Gasteiger partial charge < -0.3 is 9.47 Å². The first-order valence-corrected chi connectivity index (χ1v) is 12.1. The van der Waals surface area contributed by atoms with Gasteiger partial charge in [0, 0.05) is 22.1 Å². The van der Waals surface area contributed by atoms with Crippen molar-refractivity contribution in [2.24, 2.45) is 0 Å². The van der Waals surface area contributed by atoms with Crippen LogP contribution in [0.15, 0.2) is 41.3 Å². The molecule has 0 saturated carbocycles. The first-order chi connectivity index (χ1) is 14.8. The molecular formula is C25H32N2O4S. The molecule has 0 aliphatic heterocycles. The molecule has 7 heteroatoms. The number of para-hydroxylation sites is 1. The summed E-state index contributed by atoms with van der Waals surface area (Å²) in [5.74, 6) is 0.722. The van der Waals surface area contributed by atoms with E-state index in [4.69, 9.17) is 9.47 Å². The van der Waals surface area contributed by atoms with Crippen molar-refractivity contribution < 1.29 is 18.5 Å². The number of carbonyl (C=O) groups is 1. The highest BCUT2D eigenvalue weighted by Gasteiger charge is 2.24. The lowest BCUT2D eigenvalue weighted by atomic mass is 9.86. The fourth-order valence-corrected chi connectivity index (χ4v) is 4.30. The largest absolute Gasteiger partial charge is 0.487 e. The van der Waals surface area contributed by atoms with Gasteiger partial charge in [-0.25, -0.2) is 4.79 Å². The Balaban J connectivity index is 1.99. The van der Waals surface area contributed by atoms with E-state index in [1.807, 2.05) is 64.1 Å². The van der Waals surface area contributed by atoms with Gasteiger partial charge in [-0.05, 0) is 56.9 Å². The second-order valence-corrected chi connectivity index (χ2v) is 11.3. The van der Waals surface area contributed by atoms with Crippen LogP contribution in [0, 0.1) is 6.92 Å². The highest BCUT2D eigenvalue weighted by atomic mass is 32.2. The molecule has 1 heterocycles. The molecule has 3 rings (SSSR count). The Morgan fingerprint density at radius 2 is 1.75 bits per heavy atom. The number of nitrogens with zero attached hydrogens (tertiary/aromatic N) is 2. The van der Waals surface area contributed by atoms with E-state index in [-0.39, 0.29) is 12.0 Å². The number of benzene rings is 2. The number of rotatable bonds is 4. The van der Waals surface area contributed by atoms with Crippen molar-refractivity contribution in [2.45, 2.75) is 71.0 Å². The predicted molar refractivity (Wildman–Crippen MR) is 128 cm³/mol. The van der Waals surface area contributed by atoms with Crippen LogP contribution in [0.4, 0.5) is 4.79 Å². The summed E-state index contributed by atoms with van der Waals surface area (Å²) >= 11 is 0. The van der Waals surface area contributed by atoms with Gasteiger partial charge in [-0.3, -0.25) is 4.21 Å². The molecule has 0 radical (unpaired) electrons. The third-order valence-corrected chi connectivity index (χ3v) is 6.05. The van der Waals surface area contributed by atoms with E-state index in [0.29, 0.717) is 11.2 Å². The maximum atomic E-state index is 12.7. The molecule has 1 aromatic heterocycles. The lowest BCUT2D eigenvalue weighted by Gasteiger charge is -2.24. The zero-order valence-corrected chi connectivity index (χ0v) is 20.9. The summed E-state index contributed by atoms with van der Waals surface area (Å²) in [6.07, 6.45) is 1.16. The van der Waals surface area contributed by atoms with Crippen molar-refractivity contribution in [1.29, 1.82) is 0 Å². The molecule has 32 heavy (non-hydrogen) atoms. The number of fused-ring (bicyclic) bond motifs is 1. The zero-order chi connectivity index (χ0) is 23.8. The molecule has 0 N–H and O–H groups in total. The van der Waals surface area contributed by atoms with Crippen molar-refractivity contribution in [3.8, 4) is 5.75 Å². The molecular weight excluding hydrogens is 424 g/mol. The minimum absolute atomic E-state index is 0.188. The predicted octanol–water partition coefficient (Wildman–Crippen LogP) is 5.74. The van der Waals surface area contributed by atoms with Gasteiger partial charge in [0.25, 0.3) is 0 Å². The zero-order valence-electron chi connectivity index (χ0n) is 20.1. The van der Waals surface area contributed by atoms with Crippen LogP contribution in [0.5, 0.6) is 5.75 Å². The molecule has 0 amide bonds. The van der Waals surface area contributed by atoms with Crippen molar-refractivity contribution in [2.75, 3.05) is 6.26 Å². The van der Waals surface area contributed by atoms with Crippen LogP contribution in [0.1, 0.15) is 58.4 Å². The molecule has 0 saturated heterocycles. The quantitative estimate of drug-likeness (QED) is 0.500. The summed E-state index contributed by atoms with van der Waals surface area (Å²) in [7, 11) is -1.09. The lowest BCUT2D eigenvalue weighted by Crippen LogP contribution is -2.27. The van der Waals surface area contributed by atoms with Gasteiger partial charge in [-0.2, -0.15) is 9.78 Å². The molecule has 0 bridgehead atoms. The number of aromatic nitrogens is 2. The van der Waals surface area contributed by atoms with Crippen molar-refractivity contribution in [3.63, 3.8) is 0 Å². The number of ether oxygens (including phenoxy) is 2. The van der Waals surface area contributed by atoms with E-state index >= 15 is 0 Å². The normalized spacial score (nSPS) is 13.2. The van der Waals surface area contributed by atoms with Crippen LogP contribution in [0.2, 0.25) is 0 Å². The third-order valence-electron chi connectivity index (χ3n) is 4.99. The summed E-state index contributed by atoms with van der Waals surface area (Å²) in [4.78, 5) is 13.5. The fraction of sp³-hybridized carbons (Fsp3) is 0.440. The molecule has 2 aromatic carbocycles. The van der Waals surface area contributed by atoms with E-state index in [9.17, 15) is 9.00 Å². The average molecular weight is 457 g/mol. The number of hydrogen-bond donors (Lipinski definition) is 0. The van der Waals surface area contributed by atoms with Gasteiger partial charge in [0.05, 0.1) is 16.3 Å². The monoisotopic (exact) mass is 456 g/mol. The van der Waals surface area contributed by atoms with Gasteiger partial charge in [0.2, 0.25) is 0 Å². The Bertz CT molecular complexity index is 1180. The summed E-state index contributed by atoms with van der Waals surface area (Å²) in [5, 5.41) is 5.35. The van der Waals surface area contributed by atoms with Crippen LogP contribution in [-0.2, 0) is 27.6 Å². The van der Waals surface area contributed by atoms with Gasteiger partial charge in [-0.1, -0.05) is 39.0 Å². The fourth-order valence-electron chi connectivity index (χ4n) is 3.50. The molecule has 3 aromatic rings. The van der Waals surface area contributed by atoms with Gasteiger partial charge in [-0.15, -0.1) is 0 Å². The average Bonchev–Trinajstić information content (AvgIpc) is 3.02. The lowest BCUT2D eigenvalue weighted by molar-refractivity contribution is 0.0521. The van der Waals surface area contributed by atoms with Crippen LogP contribution in [0.3, 0.4) is 0 Å². The summed E-state index contributed by atoms with van der Waals surface area (Å²) in [6.45, 7) is 13.9. The van der Waals surface area contributed by atoms with Gasteiger partial charge in [0.15, 0.2) is 0 Å². The molecule has 0 aliphatic carbocycles. The highest BCUT2D eigenvalue weighted by Crippen LogP contribution is 2.35. The van der Waals surface area contributed by atoms with E-state index in [1.54, 1.807) is 6.26 Å². The number of hydrogen-bond acceptors (Lipinski definition) is 5. The summed E-state index contributed by atoms with van der Waals surface area (Å²) in [5.41, 5.74) is 2.38. The number of carbonyl (C=O) groups excluding carboxylic acids is 1. The minimum Gasteiger partial charge on any atom is -0.487 e. The number of aryl methyl sites for hydroxylation is 1. The standard InChI is InChI=1S/C25H32N2O4S/c1-16-13-21(18(24(2,3)4)14-22(16)32(8)29)30-15-19-17-11-9-10-12-20(17)27(26-19)23(28)31-25(5,6)7/h9-14H,15H2,1-8H3. The maximum Gasteiger partial charge on any atom is 0.435 e. The third kappa shape index (κ3) is 5.21. The minimum atomic E-state index is -1.09. The van der Waals surface area contributed by atoms with Crippen LogP contribution in [-0.4, -0.2) is 31.9 Å². The van der Waals surface area contributed by atoms with Crippen LogP contribution >= 0.6 is 0 Å². The summed E-state index contributed by atoms with van der Waals surface area (Å²) in [6, 6.07) is 11.4. The van der Waals surface area contributed by atoms with E-state index in [0.717, 1.165) is 27.2 Å². The summed E-state index contributed by atoms with van der Waals surface area (Å²) < 4.78 is 25.2. The molecule has 0 fully saturated rings. The topological polar surface area (TPSA) is 70.4 Å². The molecule has 172 valence electrons. The molecule has 1 atom stereocenters. The Morgan fingerprint density at radius 1 is 1.09 bits per heavy atom. The smallest absolute Gasteiger partial charge is 0.435 e. The molecule has 1 unspecified atom stereocenters. The Labute approximate surface area is 192 Å². The van der Waals surface area contributed by atoms with E-state index in [2.05, 4.69) is 25.9 Å². The molecule has 6 nitrogen and oxygen atoms in total. The highest BCUT2D eigenvalue weighted by molar-refractivity contribution is 7.84. The second-order valence-electron chi connectivity index (χ2n) is 9.96. The van der Waals surface area contributed by atoms with Crippen LogP contribution < -0.4 is 4.74 Å². The molecule has 0 aliphatic rings. The maximum absolute atomic E-state index is 12.7. The first kappa shape index (κ1) is 24.0. The first-order valence-electron chi connectivity index (χ1n) is 10.6. The van der Waals surface area contributed by atoms with Crippen LogP contribution in [0.25, 0.3) is 10.9 Å². The van der Waals surface area contributed by atoms with Gasteiger partial charge in [0.1, 0.15) is 23.7 Å². The van der Waals surface area contributed by atoms with Crippen molar-refractivity contribution in [1.82, 2.24) is 9.78 Å². The Hall–Kier alpha value is -2.67. The van der Waals surface area contributed by atoms with E-state index in [1.165, 1.54) is 4.68 Å². The Morgan fingerprint density at radius 3 is 2.34 bits per heavy atom. The van der Waals surface area contributed by atoms with E-state index < -0.39 is 22.5 Å². The van der Waals surface area contributed by atoms with Gasteiger partial charge >= 0.3 is 6.09 Å². The van der Waals surface area contributed by atoms with Crippen molar-refractivity contribution >= 4 is 27.8 Å². The molecule has 0 spiro atoms. The second kappa shape index (κ2) is 8.70. The van der Waals surface area contributed by atoms with Crippen molar-refractivity contribution in [3.05, 3.63) is 53.2 Å². The SMILES string of the molecule is Cc1cc(OCc2nn(C(=O)OC(C)(C)C)c3ccccc23)c(C(C)(C)C)cc1S(C)=O.